The Kier molecular flexibility index (Phi) is 7.13. The molecule has 31 heavy (non-hydrogen) atoms. The van der Waals surface area contributed by atoms with Gasteiger partial charge in [-0.05, 0) is 47.7 Å². The number of Topliss-reactive ketones (excluding diaryl/α,β-unsaturated/α-hetero) is 1. The Morgan fingerprint density at radius 1 is 1.00 bits per heavy atom. The first-order chi connectivity index (χ1) is 14.9. The van der Waals surface area contributed by atoms with Gasteiger partial charge in [-0.2, -0.15) is 0 Å². The van der Waals surface area contributed by atoms with E-state index in [9.17, 15) is 14.0 Å². The Balaban J connectivity index is 1.67. The zero-order chi connectivity index (χ0) is 22.4. The summed E-state index contributed by atoms with van der Waals surface area (Å²) in [6.07, 6.45) is 3.72. The third-order valence-corrected chi connectivity index (χ3v) is 5.18. The maximum Gasteiger partial charge on any atom is 0.226 e. The van der Waals surface area contributed by atoms with E-state index in [2.05, 4.69) is 4.98 Å². The summed E-state index contributed by atoms with van der Waals surface area (Å²) in [7, 11) is 1.58. The van der Waals surface area contributed by atoms with Gasteiger partial charge in [-0.15, -0.1) is 0 Å². The van der Waals surface area contributed by atoms with Crippen LogP contribution in [-0.2, 0) is 11.2 Å². The minimum absolute atomic E-state index is 0.0287. The second-order valence-corrected chi connectivity index (χ2v) is 7.46. The fourth-order valence-corrected chi connectivity index (χ4v) is 3.31. The van der Waals surface area contributed by atoms with Gasteiger partial charge in [-0.3, -0.25) is 9.59 Å². The van der Waals surface area contributed by atoms with Crippen LogP contribution in [0.25, 0.3) is 11.1 Å². The summed E-state index contributed by atoms with van der Waals surface area (Å²) < 4.78 is 14.6. The first kappa shape index (κ1) is 22.2. The molecule has 2 aromatic carbocycles. The Hall–Kier alpha value is -3.54. The molecule has 0 saturated carbocycles. The van der Waals surface area contributed by atoms with Gasteiger partial charge >= 0.3 is 0 Å². The summed E-state index contributed by atoms with van der Waals surface area (Å²) in [4.78, 5) is 29.9. The highest BCUT2D eigenvalue weighted by Crippen LogP contribution is 2.27. The molecule has 160 valence electrons. The van der Waals surface area contributed by atoms with Crippen LogP contribution in [0.5, 0.6) is 0 Å². The van der Waals surface area contributed by atoms with Crippen molar-refractivity contribution in [3.05, 3.63) is 77.7 Å². The van der Waals surface area contributed by atoms with Crippen molar-refractivity contribution >= 4 is 23.2 Å². The molecule has 6 heteroatoms. The Morgan fingerprint density at radius 2 is 1.71 bits per heavy atom. The van der Waals surface area contributed by atoms with Gasteiger partial charge in [-0.25, -0.2) is 9.37 Å². The molecule has 0 atom stereocenters. The van der Waals surface area contributed by atoms with E-state index < -0.39 is 5.82 Å². The zero-order valence-electron chi connectivity index (χ0n) is 17.8. The van der Waals surface area contributed by atoms with Gasteiger partial charge in [0.05, 0.1) is 5.69 Å². The molecule has 0 aliphatic rings. The standard InChI is InChI=1S/C25H26FN3O2/c1-3-4-25(31)29(2)22-12-11-20(15-21(22)26)18-7-9-19(10-8-18)23(30)13-5-17-6-14-24(27)28-16-17/h6-12,14-16H,3-5,13H2,1-2H3,(H2,27,28). The number of pyridine rings is 1. The van der Waals surface area contributed by atoms with Gasteiger partial charge in [0, 0.05) is 31.6 Å². The molecule has 3 rings (SSSR count). The Labute approximate surface area is 181 Å². The number of halogens is 1. The SMILES string of the molecule is CCCC(=O)N(C)c1ccc(-c2ccc(C(=O)CCc3ccc(N)nc3)cc2)cc1F. The molecule has 0 aliphatic heterocycles. The molecule has 1 heterocycles. The lowest BCUT2D eigenvalue weighted by Gasteiger charge is -2.18. The maximum atomic E-state index is 14.6. The molecule has 0 radical (unpaired) electrons. The van der Waals surface area contributed by atoms with E-state index >= 15 is 0 Å². The number of nitrogen functional groups attached to an aromatic ring is 1. The van der Waals surface area contributed by atoms with Crippen LogP contribution < -0.4 is 10.6 Å². The Bertz CT molecular complexity index is 1060. The van der Waals surface area contributed by atoms with Crippen molar-refractivity contribution in [2.75, 3.05) is 17.7 Å². The minimum atomic E-state index is -0.457. The number of aromatic nitrogens is 1. The summed E-state index contributed by atoms with van der Waals surface area (Å²) in [6, 6.07) is 15.5. The minimum Gasteiger partial charge on any atom is -0.384 e. The molecule has 0 unspecified atom stereocenters. The highest BCUT2D eigenvalue weighted by Gasteiger charge is 2.15. The van der Waals surface area contributed by atoms with Crippen molar-refractivity contribution in [2.24, 2.45) is 0 Å². The maximum absolute atomic E-state index is 14.6. The van der Waals surface area contributed by atoms with Crippen LogP contribution in [0.2, 0.25) is 0 Å². The molecule has 3 aromatic rings. The summed E-state index contributed by atoms with van der Waals surface area (Å²) in [5, 5.41) is 0. The Morgan fingerprint density at radius 3 is 2.32 bits per heavy atom. The molecule has 5 nitrogen and oxygen atoms in total. The van der Waals surface area contributed by atoms with E-state index in [1.807, 2.05) is 13.0 Å². The number of hydrogen-bond acceptors (Lipinski definition) is 4. The number of nitrogens with two attached hydrogens (primary N) is 1. The smallest absolute Gasteiger partial charge is 0.226 e. The fourth-order valence-electron chi connectivity index (χ4n) is 3.31. The van der Waals surface area contributed by atoms with Gasteiger partial charge in [0.1, 0.15) is 11.6 Å². The van der Waals surface area contributed by atoms with Gasteiger partial charge in [-0.1, -0.05) is 43.3 Å². The number of nitrogens with zero attached hydrogens (tertiary/aromatic N) is 2. The predicted molar refractivity (Wildman–Crippen MR) is 121 cm³/mol. The van der Waals surface area contributed by atoms with Crippen molar-refractivity contribution in [2.45, 2.75) is 32.6 Å². The van der Waals surface area contributed by atoms with Crippen molar-refractivity contribution in [1.82, 2.24) is 4.98 Å². The van der Waals surface area contributed by atoms with Crippen LogP contribution in [-0.4, -0.2) is 23.7 Å². The van der Waals surface area contributed by atoms with E-state index in [0.29, 0.717) is 42.6 Å². The average molecular weight is 420 g/mol. The van der Waals surface area contributed by atoms with Crippen LogP contribution in [0.4, 0.5) is 15.9 Å². The van der Waals surface area contributed by atoms with Crippen LogP contribution in [0.3, 0.4) is 0 Å². The number of benzene rings is 2. The summed E-state index contributed by atoms with van der Waals surface area (Å²) in [5.74, 6) is -0.0937. The van der Waals surface area contributed by atoms with Gasteiger partial charge < -0.3 is 10.6 Å². The number of amides is 1. The molecule has 0 fully saturated rings. The zero-order valence-corrected chi connectivity index (χ0v) is 17.8. The summed E-state index contributed by atoms with van der Waals surface area (Å²) in [5.41, 5.74) is 8.87. The predicted octanol–water partition coefficient (Wildman–Crippen LogP) is 5.05. The molecule has 2 N–H and O–H groups in total. The van der Waals surface area contributed by atoms with Crippen LogP contribution in [0.1, 0.15) is 42.1 Å². The summed E-state index contributed by atoms with van der Waals surface area (Å²) >= 11 is 0. The highest BCUT2D eigenvalue weighted by molar-refractivity contribution is 5.96. The van der Waals surface area contributed by atoms with Crippen molar-refractivity contribution in [3.63, 3.8) is 0 Å². The molecule has 0 saturated heterocycles. The second kappa shape index (κ2) is 9.98. The van der Waals surface area contributed by atoms with Gasteiger partial charge in [0.25, 0.3) is 0 Å². The van der Waals surface area contributed by atoms with E-state index in [0.717, 1.165) is 11.1 Å². The van der Waals surface area contributed by atoms with Crippen LogP contribution in [0.15, 0.2) is 60.8 Å². The number of anilines is 2. The van der Waals surface area contributed by atoms with Gasteiger partial charge in [0.2, 0.25) is 5.91 Å². The largest absolute Gasteiger partial charge is 0.384 e. The van der Waals surface area contributed by atoms with Crippen molar-refractivity contribution in [3.8, 4) is 11.1 Å². The summed E-state index contributed by atoms with van der Waals surface area (Å²) in [6.45, 7) is 1.91. The van der Waals surface area contributed by atoms with E-state index in [1.165, 1.54) is 11.0 Å². The van der Waals surface area contributed by atoms with Crippen LogP contribution in [0, 0.1) is 5.82 Å². The molecule has 1 amide bonds. The molecule has 0 bridgehead atoms. The second-order valence-electron chi connectivity index (χ2n) is 7.46. The highest BCUT2D eigenvalue weighted by atomic mass is 19.1. The average Bonchev–Trinajstić information content (AvgIpc) is 2.78. The fraction of sp³-hybridized carbons (Fsp3) is 0.240. The van der Waals surface area contributed by atoms with Crippen LogP contribution >= 0.6 is 0 Å². The quantitative estimate of drug-likeness (QED) is 0.519. The molecule has 0 spiro atoms. The van der Waals surface area contributed by atoms with Crippen molar-refractivity contribution in [1.29, 1.82) is 0 Å². The molecule has 0 aliphatic carbocycles. The number of carbonyl (C=O) groups is 2. The monoisotopic (exact) mass is 419 g/mol. The van der Waals surface area contributed by atoms with Gasteiger partial charge in [0.15, 0.2) is 5.78 Å². The number of rotatable bonds is 8. The lowest BCUT2D eigenvalue weighted by atomic mass is 9.99. The number of aryl methyl sites for hydroxylation is 1. The molecular formula is C25H26FN3O2. The van der Waals surface area contributed by atoms with E-state index in [4.69, 9.17) is 5.73 Å². The normalized spacial score (nSPS) is 10.7. The lowest BCUT2D eigenvalue weighted by Crippen LogP contribution is -2.26. The van der Waals surface area contributed by atoms with E-state index in [1.54, 1.807) is 55.7 Å². The lowest BCUT2D eigenvalue weighted by molar-refractivity contribution is -0.118. The molecular weight excluding hydrogens is 393 g/mol. The first-order valence-corrected chi connectivity index (χ1v) is 10.3. The number of hydrogen-bond donors (Lipinski definition) is 1. The van der Waals surface area contributed by atoms with E-state index in [-0.39, 0.29) is 17.4 Å². The first-order valence-electron chi connectivity index (χ1n) is 10.3. The third kappa shape index (κ3) is 5.54. The number of carbonyl (C=O) groups excluding carboxylic acids is 2. The molecule has 1 aromatic heterocycles. The number of ketones is 1. The third-order valence-electron chi connectivity index (χ3n) is 5.18. The van der Waals surface area contributed by atoms with Crippen molar-refractivity contribution < 1.29 is 14.0 Å². The topological polar surface area (TPSA) is 76.3 Å².